The van der Waals surface area contributed by atoms with Crippen LogP contribution in [0.15, 0.2) is 11.3 Å². The van der Waals surface area contributed by atoms with Crippen molar-refractivity contribution >= 4 is 5.96 Å². The standard InChI is InChI=1S/C15H29N7O/c1-4-16-15(18-10-14-19-12-20-21(14)3)17-9-13(2)11-22-5-7-23-8-6-22/h12-13H,4-11H2,1-3H3,(H2,16,17,18). The van der Waals surface area contributed by atoms with Gasteiger partial charge in [-0.05, 0) is 12.8 Å². The molecule has 0 aromatic carbocycles. The van der Waals surface area contributed by atoms with Gasteiger partial charge in [0.25, 0.3) is 0 Å². The van der Waals surface area contributed by atoms with Crippen LogP contribution in [0.2, 0.25) is 0 Å². The Balaban J connectivity index is 1.77. The second kappa shape index (κ2) is 9.46. The van der Waals surface area contributed by atoms with Gasteiger partial charge in [-0.1, -0.05) is 6.92 Å². The van der Waals surface area contributed by atoms with Crippen LogP contribution < -0.4 is 10.6 Å². The van der Waals surface area contributed by atoms with Crippen molar-refractivity contribution in [3.8, 4) is 0 Å². The Labute approximate surface area is 138 Å². The fourth-order valence-electron chi connectivity index (χ4n) is 2.51. The van der Waals surface area contributed by atoms with Gasteiger partial charge in [0.2, 0.25) is 0 Å². The largest absolute Gasteiger partial charge is 0.379 e. The molecule has 1 aliphatic rings. The number of guanidine groups is 1. The molecule has 1 aromatic rings. The molecule has 2 rings (SSSR count). The molecular weight excluding hydrogens is 294 g/mol. The van der Waals surface area contributed by atoms with E-state index in [1.807, 2.05) is 7.05 Å². The SMILES string of the molecule is CCNC(=NCc1ncnn1C)NCC(C)CN1CCOCC1. The fourth-order valence-corrected chi connectivity index (χ4v) is 2.51. The molecule has 1 aliphatic heterocycles. The highest BCUT2D eigenvalue weighted by atomic mass is 16.5. The molecule has 2 heterocycles. The van der Waals surface area contributed by atoms with E-state index in [0.717, 1.165) is 57.7 Å². The van der Waals surface area contributed by atoms with Gasteiger partial charge in [-0.15, -0.1) is 0 Å². The van der Waals surface area contributed by atoms with Crippen molar-refractivity contribution in [2.75, 3.05) is 45.9 Å². The zero-order valence-corrected chi connectivity index (χ0v) is 14.5. The minimum absolute atomic E-state index is 0.518. The topological polar surface area (TPSA) is 79.6 Å². The van der Waals surface area contributed by atoms with Crippen molar-refractivity contribution in [2.24, 2.45) is 18.0 Å². The molecule has 0 bridgehead atoms. The molecular formula is C15H29N7O. The van der Waals surface area contributed by atoms with Gasteiger partial charge in [-0.3, -0.25) is 9.58 Å². The first kappa shape index (κ1) is 17.7. The van der Waals surface area contributed by atoms with Gasteiger partial charge >= 0.3 is 0 Å². The highest BCUT2D eigenvalue weighted by molar-refractivity contribution is 5.79. The first-order valence-corrected chi connectivity index (χ1v) is 8.34. The molecule has 130 valence electrons. The monoisotopic (exact) mass is 323 g/mol. The summed E-state index contributed by atoms with van der Waals surface area (Å²) >= 11 is 0. The van der Waals surface area contributed by atoms with Crippen LogP contribution in [0.1, 0.15) is 19.7 Å². The summed E-state index contributed by atoms with van der Waals surface area (Å²) in [5, 5.41) is 10.7. The predicted octanol–water partition coefficient (Wildman–Crippen LogP) is -0.161. The predicted molar refractivity (Wildman–Crippen MR) is 90.2 cm³/mol. The van der Waals surface area contributed by atoms with E-state index >= 15 is 0 Å². The molecule has 2 N–H and O–H groups in total. The highest BCUT2D eigenvalue weighted by Crippen LogP contribution is 2.02. The molecule has 1 aromatic heterocycles. The third kappa shape index (κ3) is 6.15. The summed E-state index contributed by atoms with van der Waals surface area (Å²) in [6.45, 7) is 11.4. The van der Waals surface area contributed by atoms with Crippen molar-refractivity contribution in [1.82, 2.24) is 30.3 Å². The lowest BCUT2D eigenvalue weighted by Gasteiger charge is -2.29. The number of morpholine rings is 1. The molecule has 1 unspecified atom stereocenters. The average molecular weight is 323 g/mol. The van der Waals surface area contributed by atoms with E-state index < -0.39 is 0 Å². The molecule has 0 spiro atoms. The minimum Gasteiger partial charge on any atom is -0.379 e. The average Bonchev–Trinajstić information content (AvgIpc) is 2.96. The summed E-state index contributed by atoms with van der Waals surface area (Å²) in [5.74, 6) is 2.22. The molecule has 0 saturated carbocycles. The van der Waals surface area contributed by atoms with E-state index in [9.17, 15) is 0 Å². The summed E-state index contributed by atoms with van der Waals surface area (Å²) in [4.78, 5) is 11.2. The van der Waals surface area contributed by atoms with E-state index in [2.05, 4.69) is 44.5 Å². The Kier molecular flexibility index (Phi) is 7.28. The van der Waals surface area contributed by atoms with Gasteiger partial charge in [0.05, 0.1) is 13.2 Å². The lowest BCUT2D eigenvalue weighted by atomic mass is 10.1. The van der Waals surface area contributed by atoms with Crippen molar-refractivity contribution in [3.63, 3.8) is 0 Å². The summed E-state index contributed by atoms with van der Waals surface area (Å²) in [6, 6.07) is 0. The van der Waals surface area contributed by atoms with Gasteiger partial charge in [-0.2, -0.15) is 5.10 Å². The first-order chi connectivity index (χ1) is 11.2. The molecule has 8 nitrogen and oxygen atoms in total. The summed E-state index contributed by atoms with van der Waals surface area (Å²) in [7, 11) is 1.88. The fraction of sp³-hybridized carbons (Fsp3) is 0.800. The summed E-state index contributed by atoms with van der Waals surface area (Å²) in [5.41, 5.74) is 0. The Morgan fingerprint density at radius 2 is 2.17 bits per heavy atom. The molecule has 0 aliphatic carbocycles. The van der Waals surface area contributed by atoms with Gasteiger partial charge in [0, 0.05) is 39.8 Å². The quantitative estimate of drug-likeness (QED) is 0.536. The van der Waals surface area contributed by atoms with E-state index in [1.165, 1.54) is 0 Å². The van der Waals surface area contributed by atoms with Crippen LogP contribution in [0.4, 0.5) is 0 Å². The summed E-state index contributed by atoms with van der Waals surface area (Å²) < 4.78 is 7.13. The van der Waals surface area contributed by atoms with Crippen LogP contribution in [0, 0.1) is 5.92 Å². The van der Waals surface area contributed by atoms with Crippen molar-refractivity contribution in [1.29, 1.82) is 0 Å². The van der Waals surface area contributed by atoms with Crippen LogP contribution in [0.3, 0.4) is 0 Å². The van der Waals surface area contributed by atoms with E-state index in [1.54, 1.807) is 11.0 Å². The van der Waals surface area contributed by atoms with Crippen molar-refractivity contribution in [2.45, 2.75) is 20.4 Å². The molecule has 23 heavy (non-hydrogen) atoms. The van der Waals surface area contributed by atoms with E-state index in [-0.39, 0.29) is 0 Å². The van der Waals surface area contributed by atoms with Crippen molar-refractivity contribution < 1.29 is 4.74 Å². The second-order valence-electron chi connectivity index (χ2n) is 5.89. The third-order valence-corrected chi connectivity index (χ3v) is 3.82. The maximum Gasteiger partial charge on any atom is 0.191 e. The lowest BCUT2D eigenvalue weighted by molar-refractivity contribution is 0.0320. The zero-order valence-electron chi connectivity index (χ0n) is 14.5. The van der Waals surface area contributed by atoms with Crippen LogP contribution in [-0.2, 0) is 18.3 Å². The van der Waals surface area contributed by atoms with Crippen LogP contribution in [0.5, 0.6) is 0 Å². The Morgan fingerprint density at radius 3 is 2.83 bits per heavy atom. The maximum atomic E-state index is 5.39. The highest BCUT2D eigenvalue weighted by Gasteiger charge is 2.14. The van der Waals surface area contributed by atoms with Crippen LogP contribution >= 0.6 is 0 Å². The molecule has 1 saturated heterocycles. The number of rotatable bonds is 7. The minimum atomic E-state index is 0.518. The Hall–Kier alpha value is -1.67. The Morgan fingerprint density at radius 1 is 1.39 bits per heavy atom. The summed E-state index contributed by atoms with van der Waals surface area (Å²) in [6.07, 6.45) is 1.55. The molecule has 1 fully saturated rings. The van der Waals surface area contributed by atoms with Gasteiger partial charge in [-0.25, -0.2) is 9.98 Å². The zero-order chi connectivity index (χ0) is 16.5. The number of nitrogens with zero attached hydrogens (tertiary/aromatic N) is 5. The Bertz CT molecular complexity index is 482. The number of aliphatic imine (C=N–C) groups is 1. The lowest BCUT2D eigenvalue weighted by Crippen LogP contribution is -2.44. The van der Waals surface area contributed by atoms with Gasteiger partial charge in [0.1, 0.15) is 18.7 Å². The van der Waals surface area contributed by atoms with Crippen LogP contribution in [0.25, 0.3) is 0 Å². The van der Waals surface area contributed by atoms with E-state index in [4.69, 9.17) is 4.74 Å². The number of hydrogen-bond donors (Lipinski definition) is 2. The number of aromatic nitrogens is 3. The third-order valence-electron chi connectivity index (χ3n) is 3.82. The molecule has 1 atom stereocenters. The van der Waals surface area contributed by atoms with Crippen molar-refractivity contribution in [3.05, 3.63) is 12.2 Å². The normalized spacial score (nSPS) is 18.0. The second-order valence-corrected chi connectivity index (χ2v) is 5.89. The number of hydrogen-bond acceptors (Lipinski definition) is 5. The van der Waals surface area contributed by atoms with Crippen LogP contribution in [-0.4, -0.2) is 71.6 Å². The number of ether oxygens (including phenoxy) is 1. The van der Waals surface area contributed by atoms with Gasteiger partial charge < -0.3 is 15.4 Å². The maximum absolute atomic E-state index is 5.39. The van der Waals surface area contributed by atoms with E-state index in [0.29, 0.717) is 12.5 Å². The number of nitrogens with one attached hydrogen (secondary N) is 2. The smallest absolute Gasteiger partial charge is 0.191 e. The first-order valence-electron chi connectivity index (χ1n) is 8.34. The molecule has 0 amide bonds. The van der Waals surface area contributed by atoms with Gasteiger partial charge in [0.15, 0.2) is 5.96 Å². The molecule has 8 heteroatoms. The molecule has 0 radical (unpaired) electrons. The number of aryl methyl sites for hydroxylation is 1.